The van der Waals surface area contributed by atoms with Crippen LogP contribution in [0.2, 0.25) is 0 Å². The number of nitrogens with one attached hydrogen (secondary N) is 2. The minimum Gasteiger partial charge on any atom is -0.480 e. The Morgan fingerprint density at radius 2 is 0.971 bits per heavy atom. The van der Waals surface area contributed by atoms with Crippen LogP contribution in [0, 0.1) is 0 Å². The lowest BCUT2D eigenvalue weighted by Crippen LogP contribution is -2.51. The summed E-state index contributed by atoms with van der Waals surface area (Å²) in [6.07, 6.45) is 0.414. The Hall–Kier alpha value is -2.81. The number of amides is 2. The molecule has 0 saturated carbocycles. The second kappa shape index (κ2) is 16.0. The first-order valence-corrected chi connectivity index (χ1v) is 11.6. The highest BCUT2D eigenvalue weighted by atomic mass is 16.4. The third-order valence-corrected chi connectivity index (χ3v) is 5.68. The SMILES string of the molecule is CC[C@@H](NC(=O)CN1CCN(CC(=O)O)CCN(CC(=O)O)CCN(CC(=O)O)CC1)C(=O)NC. The molecule has 1 aliphatic heterocycles. The van der Waals surface area contributed by atoms with E-state index in [0.29, 0.717) is 58.8 Å². The molecule has 0 aliphatic carbocycles. The number of hydrogen-bond acceptors (Lipinski definition) is 9. The predicted molar refractivity (Wildman–Crippen MR) is 125 cm³/mol. The number of carbonyl (C=O) groups is 5. The lowest BCUT2D eigenvalue weighted by atomic mass is 10.2. The number of carboxylic acids is 3. The number of hydrogen-bond donors (Lipinski definition) is 5. The fraction of sp³-hybridized carbons (Fsp3) is 0.762. The molecule has 0 aromatic carbocycles. The molecule has 0 spiro atoms. The molecule has 0 unspecified atom stereocenters. The van der Waals surface area contributed by atoms with Crippen LogP contribution in [0.15, 0.2) is 0 Å². The maximum Gasteiger partial charge on any atom is 0.317 e. The van der Waals surface area contributed by atoms with Crippen molar-refractivity contribution in [3.05, 3.63) is 0 Å². The molecule has 2 amide bonds. The van der Waals surface area contributed by atoms with E-state index in [9.17, 15) is 39.3 Å². The van der Waals surface area contributed by atoms with Crippen LogP contribution < -0.4 is 10.6 Å². The summed E-state index contributed by atoms with van der Waals surface area (Å²) in [5.41, 5.74) is 0. The smallest absolute Gasteiger partial charge is 0.317 e. The van der Waals surface area contributed by atoms with E-state index in [-0.39, 0.29) is 38.0 Å². The molecule has 1 rings (SSSR count). The Bertz CT molecular complexity index is 705. The van der Waals surface area contributed by atoms with Gasteiger partial charge in [0.15, 0.2) is 0 Å². The minimum atomic E-state index is -1.02. The first-order valence-electron chi connectivity index (χ1n) is 11.6. The number of carbonyl (C=O) groups excluding carboxylic acids is 2. The zero-order valence-corrected chi connectivity index (χ0v) is 20.4. The maximum atomic E-state index is 12.6. The van der Waals surface area contributed by atoms with Crippen LogP contribution in [0.5, 0.6) is 0 Å². The van der Waals surface area contributed by atoms with E-state index in [1.54, 1.807) is 26.5 Å². The third kappa shape index (κ3) is 13.0. The van der Waals surface area contributed by atoms with Gasteiger partial charge in [0.2, 0.25) is 11.8 Å². The second-order valence-electron chi connectivity index (χ2n) is 8.43. The molecular weight excluding hydrogens is 464 g/mol. The molecule has 5 N–H and O–H groups in total. The number of aliphatic carboxylic acids is 3. The zero-order valence-electron chi connectivity index (χ0n) is 20.4. The summed E-state index contributed by atoms with van der Waals surface area (Å²) in [6, 6.07) is -0.674. The topological polar surface area (TPSA) is 183 Å². The molecule has 1 atom stereocenters. The number of likely N-dealkylation sites (N-methyl/N-ethyl adjacent to an activating group) is 1. The van der Waals surface area contributed by atoms with Crippen molar-refractivity contribution >= 4 is 29.7 Å². The summed E-state index contributed by atoms with van der Waals surface area (Å²) in [7, 11) is 1.49. The van der Waals surface area contributed by atoms with Crippen molar-refractivity contribution in [1.82, 2.24) is 30.2 Å². The van der Waals surface area contributed by atoms with Crippen molar-refractivity contribution in [2.24, 2.45) is 0 Å². The fourth-order valence-electron chi connectivity index (χ4n) is 3.76. The standard InChI is InChI=1S/C21H38N6O8/c1-3-16(21(35)22-2)23-17(28)12-24-4-6-25(13-18(29)30)8-10-27(15-20(33)34)11-9-26(7-5-24)14-19(31)32/h16H,3-15H2,1-2H3,(H,22,35)(H,23,28)(H,29,30)(H,31,32)(H,33,34)/t16-/m1/s1. The lowest BCUT2D eigenvalue weighted by Gasteiger charge is -2.33. The van der Waals surface area contributed by atoms with Crippen molar-refractivity contribution in [1.29, 1.82) is 0 Å². The van der Waals surface area contributed by atoms with Crippen LogP contribution in [0.1, 0.15) is 13.3 Å². The monoisotopic (exact) mass is 502 g/mol. The molecule has 1 aliphatic rings. The van der Waals surface area contributed by atoms with E-state index < -0.39 is 23.9 Å². The quantitative estimate of drug-likeness (QED) is 0.195. The van der Waals surface area contributed by atoms with Gasteiger partial charge in [-0.05, 0) is 6.42 Å². The van der Waals surface area contributed by atoms with Gasteiger partial charge in [-0.3, -0.25) is 43.6 Å². The van der Waals surface area contributed by atoms with Gasteiger partial charge in [0.05, 0.1) is 26.2 Å². The normalized spacial score (nSPS) is 18.6. The van der Waals surface area contributed by atoms with Crippen LogP contribution in [-0.4, -0.2) is 156 Å². The molecule has 1 fully saturated rings. The highest BCUT2D eigenvalue weighted by Gasteiger charge is 2.23. The highest BCUT2D eigenvalue weighted by molar-refractivity contribution is 5.88. The van der Waals surface area contributed by atoms with Crippen molar-refractivity contribution in [2.45, 2.75) is 19.4 Å². The van der Waals surface area contributed by atoms with E-state index in [1.807, 2.05) is 0 Å². The van der Waals surface area contributed by atoms with Crippen molar-refractivity contribution in [3.63, 3.8) is 0 Å². The summed E-state index contributed by atoms with van der Waals surface area (Å²) in [5.74, 6) is -3.73. The Kier molecular flexibility index (Phi) is 13.8. The molecule has 0 aromatic heterocycles. The van der Waals surface area contributed by atoms with Crippen LogP contribution >= 0.6 is 0 Å². The van der Waals surface area contributed by atoms with Crippen LogP contribution in [0.4, 0.5) is 0 Å². The van der Waals surface area contributed by atoms with Gasteiger partial charge in [0.1, 0.15) is 6.04 Å². The molecule has 1 heterocycles. The second-order valence-corrected chi connectivity index (χ2v) is 8.43. The summed E-state index contributed by atoms with van der Waals surface area (Å²) in [4.78, 5) is 65.2. The van der Waals surface area contributed by atoms with Crippen LogP contribution in [0.3, 0.4) is 0 Å². The maximum absolute atomic E-state index is 12.6. The Morgan fingerprint density at radius 1 is 0.657 bits per heavy atom. The first-order chi connectivity index (χ1) is 16.5. The van der Waals surface area contributed by atoms with Gasteiger partial charge >= 0.3 is 17.9 Å². The molecule has 200 valence electrons. The van der Waals surface area contributed by atoms with Gasteiger partial charge in [0, 0.05) is 59.4 Å². The molecule has 0 bridgehead atoms. The molecule has 0 aromatic rings. The minimum absolute atomic E-state index is 0.0412. The first kappa shape index (κ1) is 30.2. The van der Waals surface area contributed by atoms with Crippen molar-refractivity contribution in [3.8, 4) is 0 Å². The van der Waals surface area contributed by atoms with E-state index in [1.165, 1.54) is 7.05 Å². The zero-order chi connectivity index (χ0) is 26.4. The van der Waals surface area contributed by atoms with Crippen molar-refractivity contribution in [2.75, 3.05) is 85.6 Å². The largest absolute Gasteiger partial charge is 0.480 e. The lowest BCUT2D eigenvalue weighted by molar-refractivity contribution is -0.140. The van der Waals surface area contributed by atoms with E-state index in [4.69, 9.17) is 0 Å². The van der Waals surface area contributed by atoms with Gasteiger partial charge in [0.25, 0.3) is 0 Å². The van der Waals surface area contributed by atoms with Gasteiger partial charge in [-0.25, -0.2) is 0 Å². The predicted octanol–water partition coefficient (Wildman–Crippen LogP) is -2.90. The molecule has 14 heteroatoms. The van der Waals surface area contributed by atoms with Crippen molar-refractivity contribution < 1.29 is 39.3 Å². The van der Waals surface area contributed by atoms with Gasteiger partial charge in [-0.15, -0.1) is 0 Å². The van der Waals surface area contributed by atoms with E-state index in [2.05, 4.69) is 10.6 Å². The van der Waals surface area contributed by atoms with E-state index >= 15 is 0 Å². The molecule has 0 radical (unpaired) electrons. The molecule has 35 heavy (non-hydrogen) atoms. The van der Waals surface area contributed by atoms with Gasteiger partial charge < -0.3 is 26.0 Å². The van der Waals surface area contributed by atoms with Crippen LogP contribution in [0.25, 0.3) is 0 Å². The fourth-order valence-corrected chi connectivity index (χ4v) is 3.76. The molecule has 14 nitrogen and oxygen atoms in total. The van der Waals surface area contributed by atoms with Gasteiger partial charge in [-0.1, -0.05) is 6.92 Å². The third-order valence-electron chi connectivity index (χ3n) is 5.68. The Labute approximate surface area is 204 Å². The average molecular weight is 503 g/mol. The molecular formula is C21H38N6O8. The number of nitrogens with zero attached hydrogens (tertiary/aromatic N) is 4. The molecule has 1 saturated heterocycles. The van der Waals surface area contributed by atoms with E-state index in [0.717, 1.165) is 0 Å². The Balaban J connectivity index is 2.98. The van der Waals surface area contributed by atoms with Crippen LogP contribution in [-0.2, 0) is 24.0 Å². The average Bonchev–Trinajstić information content (AvgIpc) is 2.77. The Morgan fingerprint density at radius 3 is 1.23 bits per heavy atom. The number of carboxylic acid groups (broad SMARTS) is 3. The summed E-state index contributed by atoms with van der Waals surface area (Å²) in [6.45, 7) is 3.50. The van der Waals surface area contributed by atoms with Gasteiger partial charge in [-0.2, -0.15) is 0 Å². The highest BCUT2D eigenvalue weighted by Crippen LogP contribution is 2.02. The summed E-state index contributed by atoms with van der Waals surface area (Å²) < 4.78 is 0. The summed E-state index contributed by atoms with van der Waals surface area (Å²) >= 11 is 0. The number of rotatable bonds is 11. The summed E-state index contributed by atoms with van der Waals surface area (Å²) in [5, 5.41) is 32.9.